The smallest absolute Gasteiger partial charge is 0.191 e. The zero-order valence-corrected chi connectivity index (χ0v) is 15.0. The maximum absolute atomic E-state index is 11.3. The summed E-state index contributed by atoms with van der Waals surface area (Å²) in [5.74, 6) is 1.62. The summed E-state index contributed by atoms with van der Waals surface area (Å²) in [7, 11) is -2.79. The van der Waals surface area contributed by atoms with Crippen LogP contribution < -0.4 is 10.6 Å². The average molecular weight is 403 g/mol. The van der Waals surface area contributed by atoms with Crippen LogP contribution in [0.2, 0.25) is 0 Å². The number of unbranched alkanes of at least 4 members (excludes halogenated alkanes) is 1. The normalized spacial score (nSPS) is 21.8. The van der Waals surface area contributed by atoms with E-state index in [9.17, 15) is 8.42 Å². The van der Waals surface area contributed by atoms with Gasteiger partial charge in [-0.2, -0.15) is 0 Å². The highest BCUT2D eigenvalue weighted by Gasteiger charge is 2.27. The molecule has 1 aliphatic heterocycles. The van der Waals surface area contributed by atoms with Crippen LogP contribution in [0.25, 0.3) is 0 Å². The number of nitrogens with one attached hydrogen (secondary N) is 2. The van der Waals surface area contributed by atoms with Gasteiger partial charge in [0.15, 0.2) is 15.8 Å². The first-order valence-corrected chi connectivity index (χ1v) is 8.62. The molecule has 0 amide bonds. The lowest BCUT2D eigenvalue weighted by Crippen LogP contribution is -2.38. The second-order valence-electron chi connectivity index (χ2n) is 4.77. The highest BCUT2D eigenvalue weighted by Crippen LogP contribution is 2.18. The first-order valence-electron chi connectivity index (χ1n) is 6.80. The van der Waals surface area contributed by atoms with Gasteiger partial charge in [0.25, 0.3) is 0 Å². The fourth-order valence-corrected chi connectivity index (χ4v) is 3.81. The summed E-state index contributed by atoms with van der Waals surface area (Å²) in [6.45, 7) is 6.50. The van der Waals surface area contributed by atoms with Gasteiger partial charge >= 0.3 is 0 Å². The van der Waals surface area contributed by atoms with Crippen molar-refractivity contribution in [2.75, 3.05) is 31.1 Å². The summed E-state index contributed by atoms with van der Waals surface area (Å²) in [5.41, 5.74) is 0. The summed E-state index contributed by atoms with van der Waals surface area (Å²) in [4.78, 5) is 4.46. The Morgan fingerprint density at radius 2 is 2.05 bits per heavy atom. The quantitative estimate of drug-likeness (QED) is 0.305. The molecular weight excluding hydrogens is 377 g/mol. The maximum atomic E-state index is 11.3. The van der Waals surface area contributed by atoms with E-state index in [0.29, 0.717) is 18.1 Å². The number of rotatable bonds is 6. The predicted octanol–water partition coefficient (Wildman–Crippen LogP) is 1.39. The minimum atomic E-state index is -2.79. The topological polar surface area (TPSA) is 70.6 Å². The Balaban J connectivity index is 0.00000324. The van der Waals surface area contributed by atoms with Gasteiger partial charge in [-0.05, 0) is 25.7 Å². The van der Waals surface area contributed by atoms with Crippen molar-refractivity contribution < 1.29 is 8.42 Å². The Morgan fingerprint density at radius 1 is 1.32 bits per heavy atom. The molecule has 2 N–H and O–H groups in total. The summed E-state index contributed by atoms with van der Waals surface area (Å²) < 4.78 is 22.7. The fourth-order valence-electron chi connectivity index (χ4n) is 1.96. The lowest BCUT2D eigenvalue weighted by Gasteiger charge is -2.12. The number of guanidine groups is 1. The van der Waals surface area contributed by atoms with Gasteiger partial charge in [-0.1, -0.05) is 13.3 Å². The van der Waals surface area contributed by atoms with Gasteiger partial charge in [0.2, 0.25) is 0 Å². The number of sulfone groups is 1. The Kier molecular flexibility index (Phi) is 9.77. The minimum Gasteiger partial charge on any atom is -0.357 e. The second-order valence-corrected chi connectivity index (χ2v) is 7.00. The van der Waals surface area contributed by atoms with E-state index < -0.39 is 9.84 Å². The fraction of sp³-hybridized carbons (Fsp3) is 0.917. The van der Waals surface area contributed by atoms with Crippen LogP contribution in [0.5, 0.6) is 0 Å². The first-order chi connectivity index (χ1) is 8.57. The molecule has 0 aromatic rings. The second kappa shape index (κ2) is 9.79. The molecule has 0 spiro atoms. The number of aliphatic imine (C=N–C) groups is 1. The van der Waals surface area contributed by atoms with E-state index in [-0.39, 0.29) is 29.9 Å². The molecule has 1 fully saturated rings. The minimum absolute atomic E-state index is 0. The molecule has 1 aliphatic rings. The monoisotopic (exact) mass is 403 g/mol. The molecule has 0 bridgehead atoms. The zero-order chi connectivity index (χ0) is 13.4. The lowest BCUT2D eigenvalue weighted by molar-refractivity contribution is 0.589. The molecule has 1 unspecified atom stereocenters. The molecular formula is C12H26IN3O2S. The Bertz CT molecular complexity index is 371. The van der Waals surface area contributed by atoms with Gasteiger partial charge in [0.05, 0.1) is 11.5 Å². The molecule has 1 atom stereocenters. The standard InChI is InChI=1S/C12H25N3O2S.HI/c1-3-5-7-14-12(13-4-2)15-9-11-6-8-18(16,17)10-11;/h11H,3-10H2,1-2H3,(H2,13,14,15);1H. The van der Waals surface area contributed by atoms with Crippen LogP contribution in [0.3, 0.4) is 0 Å². The summed E-state index contributed by atoms with van der Waals surface area (Å²) in [6.07, 6.45) is 3.01. The summed E-state index contributed by atoms with van der Waals surface area (Å²) in [5, 5.41) is 6.43. The average Bonchev–Trinajstić information content (AvgIpc) is 2.66. The van der Waals surface area contributed by atoms with E-state index in [0.717, 1.165) is 38.3 Å². The number of hydrogen-bond acceptors (Lipinski definition) is 3. The molecule has 0 aromatic carbocycles. The molecule has 0 radical (unpaired) electrons. The van der Waals surface area contributed by atoms with Gasteiger partial charge in [-0.15, -0.1) is 24.0 Å². The lowest BCUT2D eigenvalue weighted by atomic mass is 10.1. The molecule has 7 heteroatoms. The first kappa shape index (κ1) is 18.9. The highest BCUT2D eigenvalue weighted by atomic mass is 127. The van der Waals surface area contributed by atoms with E-state index >= 15 is 0 Å². The molecule has 5 nitrogen and oxygen atoms in total. The molecule has 19 heavy (non-hydrogen) atoms. The van der Waals surface area contributed by atoms with Crippen LogP contribution in [0.15, 0.2) is 4.99 Å². The third kappa shape index (κ3) is 7.96. The van der Waals surface area contributed by atoms with Gasteiger partial charge < -0.3 is 10.6 Å². The number of halogens is 1. The Morgan fingerprint density at radius 3 is 2.58 bits per heavy atom. The molecule has 0 aromatic heterocycles. The van der Waals surface area contributed by atoms with E-state index in [1.165, 1.54) is 0 Å². The largest absolute Gasteiger partial charge is 0.357 e. The highest BCUT2D eigenvalue weighted by molar-refractivity contribution is 14.0. The molecule has 114 valence electrons. The van der Waals surface area contributed by atoms with Crippen molar-refractivity contribution in [3.8, 4) is 0 Å². The third-order valence-electron chi connectivity index (χ3n) is 3.00. The van der Waals surface area contributed by atoms with Crippen molar-refractivity contribution in [3.05, 3.63) is 0 Å². The van der Waals surface area contributed by atoms with Gasteiger partial charge in [0, 0.05) is 19.6 Å². The van der Waals surface area contributed by atoms with E-state index in [1.54, 1.807) is 0 Å². The Hall–Kier alpha value is -0.0500. The van der Waals surface area contributed by atoms with Crippen molar-refractivity contribution in [1.29, 1.82) is 0 Å². The van der Waals surface area contributed by atoms with Crippen LogP contribution in [0.1, 0.15) is 33.1 Å². The van der Waals surface area contributed by atoms with E-state index in [4.69, 9.17) is 0 Å². The summed E-state index contributed by atoms with van der Waals surface area (Å²) >= 11 is 0. The van der Waals surface area contributed by atoms with Crippen molar-refractivity contribution in [3.63, 3.8) is 0 Å². The molecule has 0 aliphatic carbocycles. The number of hydrogen-bond donors (Lipinski definition) is 2. The SMILES string of the molecule is CCCCNC(=NCC1CCS(=O)(=O)C1)NCC.I. The third-order valence-corrected chi connectivity index (χ3v) is 4.84. The molecule has 1 saturated heterocycles. The van der Waals surface area contributed by atoms with Crippen LogP contribution >= 0.6 is 24.0 Å². The predicted molar refractivity (Wildman–Crippen MR) is 91.1 cm³/mol. The maximum Gasteiger partial charge on any atom is 0.191 e. The van der Waals surface area contributed by atoms with Crippen molar-refractivity contribution in [1.82, 2.24) is 10.6 Å². The van der Waals surface area contributed by atoms with Crippen molar-refractivity contribution in [2.45, 2.75) is 33.1 Å². The van der Waals surface area contributed by atoms with Crippen LogP contribution in [-0.2, 0) is 9.84 Å². The summed E-state index contributed by atoms with van der Waals surface area (Å²) in [6, 6.07) is 0. The van der Waals surface area contributed by atoms with Crippen molar-refractivity contribution >= 4 is 39.8 Å². The van der Waals surface area contributed by atoms with Gasteiger partial charge in [0.1, 0.15) is 0 Å². The molecule has 0 saturated carbocycles. The zero-order valence-electron chi connectivity index (χ0n) is 11.8. The Labute approximate surface area is 134 Å². The van der Waals surface area contributed by atoms with Gasteiger partial charge in [-0.25, -0.2) is 8.42 Å². The number of nitrogens with zero attached hydrogens (tertiary/aromatic N) is 1. The van der Waals surface area contributed by atoms with Crippen LogP contribution in [-0.4, -0.2) is 45.5 Å². The molecule has 1 heterocycles. The van der Waals surface area contributed by atoms with Gasteiger partial charge in [-0.3, -0.25) is 4.99 Å². The molecule has 1 rings (SSSR count). The van der Waals surface area contributed by atoms with Crippen LogP contribution in [0, 0.1) is 5.92 Å². The van der Waals surface area contributed by atoms with Crippen molar-refractivity contribution in [2.24, 2.45) is 10.9 Å². The van der Waals surface area contributed by atoms with E-state index in [2.05, 4.69) is 22.5 Å². The van der Waals surface area contributed by atoms with E-state index in [1.807, 2.05) is 6.92 Å². The van der Waals surface area contributed by atoms with Crippen LogP contribution in [0.4, 0.5) is 0 Å².